The van der Waals surface area contributed by atoms with Crippen molar-refractivity contribution in [3.8, 4) is 0 Å². The summed E-state index contributed by atoms with van der Waals surface area (Å²) in [5.74, 6) is -0.409. The normalized spacial score (nSPS) is 11.9. The van der Waals surface area contributed by atoms with Gasteiger partial charge in [-0.1, -0.05) is 37.3 Å². The molecule has 0 bridgehead atoms. The molecule has 1 rings (SSSR count). The first-order valence-electron chi connectivity index (χ1n) is 4.91. The molecule has 0 saturated carbocycles. The third-order valence-electron chi connectivity index (χ3n) is 1.88. The third-order valence-corrected chi connectivity index (χ3v) is 1.88. The molecule has 1 atom stereocenters. The van der Waals surface area contributed by atoms with Gasteiger partial charge in [-0.2, -0.15) is 0 Å². The Morgan fingerprint density at radius 3 is 2.62 bits per heavy atom. The Kier molecular flexibility index (Phi) is 7.25. The van der Waals surface area contributed by atoms with Crippen molar-refractivity contribution in [2.75, 3.05) is 0 Å². The summed E-state index contributed by atoms with van der Waals surface area (Å²) in [4.78, 5) is 11.2. The molecule has 1 unspecified atom stereocenters. The molecule has 4 heteroatoms. The summed E-state index contributed by atoms with van der Waals surface area (Å²) in [7, 11) is 0. The summed E-state index contributed by atoms with van der Waals surface area (Å²) in [5, 5.41) is 0. The number of nitrogens with two attached hydrogens (primary N) is 1. The van der Waals surface area contributed by atoms with Crippen LogP contribution in [0.25, 0.3) is 6.08 Å². The smallest absolute Gasteiger partial charge is 0.332 e. The number of hydrogen-bond acceptors (Lipinski definition) is 3. The van der Waals surface area contributed by atoms with E-state index < -0.39 is 12.2 Å². The van der Waals surface area contributed by atoms with Gasteiger partial charge in [0.2, 0.25) is 0 Å². The van der Waals surface area contributed by atoms with E-state index in [9.17, 15) is 4.79 Å². The molecular weight excluding hydrogens is 226 g/mol. The second-order valence-corrected chi connectivity index (χ2v) is 3.13. The molecule has 0 amide bonds. The fourth-order valence-corrected chi connectivity index (χ4v) is 1.00. The third kappa shape index (κ3) is 5.53. The van der Waals surface area contributed by atoms with Gasteiger partial charge in [-0.3, -0.25) is 5.73 Å². The van der Waals surface area contributed by atoms with Gasteiger partial charge < -0.3 is 4.74 Å². The first-order valence-corrected chi connectivity index (χ1v) is 4.91. The standard InChI is InChI=1S/C12H15NO2.ClH/c1-2-11(13)15-12(14)9-8-10-6-4-3-5-7-10;/h3-9,11H,2,13H2,1H3;1H/b9-8+;. The van der Waals surface area contributed by atoms with E-state index in [4.69, 9.17) is 10.5 Å². The summed E-state index contributed by atoms with van der Waals surface area (Å²) < 4.78 is 4.87. The largest absolute Gasteiger partial charge is 0.444 e. The SMILES string of the molecule is CCC(N)OC(=O)/C=C/c1ccccc1.Cl. The van der Waals surface area contributed by atoms with Gasteiger partial charge in [0.1, 0.15) is 0 Å². The molecule has 3 nitrogen and oxygen atoms in total. The van der Waals surface area contributed by atoms with E-state index >= 15 is 0 Å². The molecule has 88 valence electrons. The number of ether oxygens (including phenoxy) is 1. The van der Waals surface area contributed by atoms with Crippen LogP contribution in [0.15, 0.2) is 36.4 Å². The summed E-state index contributed by atoms with van der Waals surface area (Å²) in [6.07, 6.45) is 3.18. The Hall–Kier alpha value is -1.32. The van der Waals surface area contributed by atoms with Crippen molar-refractivity contribution in [2.24, 2.45) is 5.73 Å². The fourth-order valence-electron chi connectivity index (χ4n) is 1.00. The number of carbonyl (C=O) groups is 1. The lowest BCUT2D eigenvalue weighted by atomic mass is 10.2. The van der Waals surface area contributed by atoms with E-state index in [2.05, 4.69) is 0 Å². The molecule has 0 aromatic heterocycles. The number of hydrogen-bond donors (Lipinski definition) is 1. The average Bonchev–Trinajstić information content (AvgIpc) is 2.27. The van der Waals surface area contributed by atoms with E-state index in [0.29, 0.717) is 6.42 Å². The van der Waals surface area contributed by atoms with Crippen LogP contribution in [-0.2, 0) is 9.53 Å². The lowest BCUT2D eigenvalue weighted by Gasteiger charge is -2.07. The van der Waals surface area contributed by atoms with Crippen molar-refractivity contribution < 1.29 is 9.53 Å². The minimum atomic E-state index is -0.516. The predicted octanol–water partition coefficient (Wildman–Crippen LogP) is 2.36. The molecule has 1 aromatic carbocycles. The van der Waals surface area contributed by atoms with Crippen LogP contribution in [0.4, 0.5) is 0 Å². The summed E-state index contributed by atoms with van der Waals surface area (Å²) >= 11 is 0. The zero-order valence-electron chi connectivity index (χ0n) is 9.13. The average molecular weight is 242 g/mol. The lowest BCUT2D eigenvalue weighted by Crippen LogP contribution is -2.25. The lowest BCUT2D eigenvalue weighted by molar-refractivity contribution is -0.142. The molecule has 0 aliphatic rings. The van der Waals surface area contributed by atoms with Crippen LogP contribution in [0, 0.1) is 0 Å². The summed E-state index contributed by atoms with van der Waals surface area (Å²) in [6.45, 7) is 1.86. The van der Waals surface area contributed by atoms with Crippen LogP contribution in [0.1, 0.15) is 18.9 Å². The maximum atomic E-state index is 11.2. The minimum Gasteiger partial charge on any atom is -0.444 e. The highest BCUT2D eigenvalue weighted by Gasteiger charge is 2.03. The highest BCUT2D eigenvalue weighted by molar-refractivity contribution is 5.87. The topological polar surface area (TPSA) is 52.3 Å². The quantitative estimate of drug-likeness (QED) is 0.500. The second kappa shape index (κ2) is 7.91. The Morgan fingerprint density at radius 1 is 1.44 bits per heavy atom. The Morgan fingerprint density at radius 2 is 2.06 bits per heavy atom. The molecule has 1 aromatic rings. The molecule has 0 heterocycles. The van der Waals surface area contributed by atoms with Gasteiger partial charge in [0.15, 0.2) is 6.23 Å². The van der Waals surface area contributed by atoms with Gasteiger partial charge in [-0.05, 0) is 18.1 Å². The van der Waals surface area contributed by atoms with E-state index in [1.807, 2.05) is 37.3 Å². The zero-order valence-corrected chi connectivity index (χ0v) is 9.94. The highest BCUT2D eigenvalue weighted by Crippen LogP contribution is 2.01. The predicted molar refractivity (Wildman–Crippen MR) is 67.1 cm³/mol. The minimum absolute atomic E-state index is 0. The van der Waals surface area contributed by atoms with E-state index in [0.717, 1.165) is 5.56 Å². The van der Waals surface area contributed by atoms with Crippen LogP contribution in [0.5, 0.6) is 0 Å². The van der Waals surface area contributed by atoms with Crippen LogP contribution < -0.4 is 5.73 Å². The Balaban J connectivity index is 0.00000225. The van der Waals surface area contributed by atoms with E-state index in [-0.39, 0.29) is 12.4 Å². The number of rotatable bonds is 4. The van der Waals surface area contributed by atoms with Crippen LogP contribution >= 0.6 is 12.4 Å². The number of benzene rings is 1. The number of carbonyl (C=O) groups excluding carboxylic acids is 1. The van der Waals surface area contributed by atoms with Crippen molar-refractivity contribution in [3.63, 3.8) is 0 Å². The molecule has 0 radical (unpaired) electrons. The van der Waals surface area contributed by atoms with Gasteiger partial charge in [0.05, 0.1) is 0 Å². The van der Waals surface area contributed by atoms with E-state index in [1.54, 1.807) is 6.08 Å². The molecule has 0 saturated heterocycles. The maximum Gasteiger partial charge on any atom is 0.332 e. The fraction of sp³-hybridized carbons (Fsp3) is 0.250. The van der Waals surface area contributed by atoms with Gasteiger partial charge in [-0.15, -0.1) is 12.4 Å². The van der Waals surface area contributed by atoms with Gasteiger partial charge in [-0.25, -0.2) is 4.79 Å². The summed E-state index contributed by atoms with van der Waals surface area (Å²) in [5.41, 5.74) is 6.42. The van der Waals surface area contributed by atoms with Gasteiger partial charge in [0, 0.05) is 6.08 Å². The number of halogens is 1. The molecule has 0 fully saturated rings. The maximum absolute atomic E-state index is 11.2. The van der Waals surface area contributed by atoms with E-state index in [1.165, 1.54) is 6.08 Å². The van der Waals surface area contributed by atoms with Crippen molar-refractivity contribution in [1.82, 2.24) is 0 Å². The Bertz CT molecular complexity index is 338. The molecule has 0 aliphatic heterocycles. The van der Waals surface area contributed by atoms with Crippen LogP contribution in [0.2, 0.25) is 0 Å². The molecular formula is C12H16ClNO2. The van der Waals surface area contributed by atoms with Crippen molar-refractivity contribution in [3.05, 3.63) is 42.0 Å². The first kappa shape index (κ1) is 14.7. The molecule has 0 spiro atoms. The van der Waals surface area contributed by atoms with Crippen LogP contribution in [0.3, 0.4) is 0 Å². The van der Waals surface area contributed by atoms with Crippen molar-refractivity contribution in [2.45, 2.75) is 19.6 Å². The highest BCUT2D eigenvalue weighted by atomic mass is 35.5. The monoisotopic (exact) mass is 241 g/mol. The molecule has 2 N–H and O–H groups in total. The van der Waals surface area contributed by atoms with Crippen molar-refractivity contribution >= 4 is 24.5 Å². The first-order chi connectivity index (χ1) is 7.22. The Labute approximate surface area is 102 Å². The summed E-state index contributed by atoms with van der Waals surface area (Å²) in [6, 6.07) is 9.54. The second-order valence-electron chi connectivity index (χ2n) is 3.13. The van der Waals surface area contributed by atoms with Gasteiger partial charge in [0.25, 0.3) is 0 Å². The number of esters is 1. The van der Waals surface area contributed by atoms with Crippen LogP contribution in [-0.4, -0.2) is 12.2 Å². The van der Waals surface area contributed by atoms with Gasteiger partial charge >= 0.3 is 5.97 Å². The zero-order chi connectivity index (χ0) is 11.1. The van der Waals surface area contributed by atoms with Crippen molar-refractivity contribution in [1.29, 1.82) is 0 Å². The molecule has 0 aliphatic carbocycles. The molecule has 16 heavy (non-hydrogen) atoms.